The number of rotatable bonds is 2. The Bertz CT molecular complexity index is 378. The molecule has 0 radical (unpaired) electrons. The van der Waals surface area contributed by atoms with E-state index in [9.17, 15) is 4.79 Å². The van der Waals surface area contributed by atoms with Crippen molar-refractivity contribution in [2.75, 3.05) is 13.1 Å². The molecule has 2 rings (SSSR count). The zero-order chi connectivity index (χ0) is 11.4. The molecular weight excluding hydrogens is 272 g/mol. The minimum atomic E-state index is -0.402. The zero-order valence-corrected chi connectivity index (χ0v) is 10.3. The van der Waals surface area contributed by atoms with Gasteiger partial charge in [-0.25, -0.2) is 4.79 Å². The molecule has 16 heavy (non-hydrogen) atoms. The van der Waals surface area contributed by atoms with E-state index in [2.05, 4.69) is 26.6 Å². The van der Waals surface area contributed by atoms with Gasteiger partial charge in [0.1, 0.15) is 5.75 Å². The Labute approximate surface area is 102 Å². The van der Waals surface area contributed by atoms with E-state index < -0.39 is 6.09 Å². The van der Waals surface area contributed by atoms with Crippen LogP contribution in [0.2, 0.25) is 0 Å². The van der Waals surface area contributed by atoms with E-state index in [-0.39, 0.29) is 6.04 Å². The van der Waals surface area contributed by atoms with E-state index in [4.69, 9.17) is 4.74 Å². The summed E-state index contributed by atoms with van der Waals surface area (Å²) in [5, 5.41) is 5.98. The number of benzene rings is 1. The Kier molecular flexibility index (Phi) is 3.79. The molecule has 4 nitrogen and oxygen atoms in total. The maximum Gasteiger partial charge on any atom is 0.412 e. The van der Waals surface area contributed by atoms with Crippen LogP contribution >= 0.6 is 15.9 Å². The van der Waals surface area contributed by atoms with Crippen molar-refractivity contribution in [3.63, 3.8) is 0 Å². The van der Waals surface area contributed by atoms with E-state index >= 15 is 0 Å². The van der Waals surface area contributed by atoms with Crippen LogP contribution in [-0.4, -0.2) is 25.2 Å². The third kappa shape index (κ3) is 2.96. The lowest BCUT2D eigenvalue weighted by atomic mass is 10.3. The fraction of sp³-hybridized carbons (Fsp3) is 0.364. The first kappa shape index (κ1) is 11.4. The fourth-order valence-electron chi connectivity index (χ4n) is 1.60. The fourth-order valence-corrected chi connectivity index (χ4v) is 1.97. The Morgan fingerprint density at radius 3 is 3.00 bits per heavy atom. The molecule has 1 fully saturated rings. The van der Waals surface area contributed by atoms with Gasteiger partial charge in [-0.05, 0) is 41.0 Å². The summed E-state index contributed by atoms with van der Waals surface area (Å²) in [7, 11) is 0. The maximum absolute atomic E-state index is 11.5. The molecule has 0 saturated carbocycles. The van der Waals surface area contributed by atoms with Crippen LogP contribution in [0.15, 0.2) is 28.7 Å². The predicted molar refractivity (Wildman–Crippen MR) is 64.6 cm³/mol. The quantitative estimate of drug-likeness (QED) is 0.872. The monoisotopic (exact) mass is 284 g/mol. The van der Waals surface area contributed by atoms with Gasteiger partial charge >= 0.3 is 6.09 Å². The first-order valence-corrected chi connectivity index (χ1v) is 5.98. The van der Waals surface area contributed by atoms with Gasteiger partial charge < -0.3 is 15.4 Å². The summed E-state index contributed by atoms with van der Waals surface area (Å²) in [6, 6.07) is 7.45. The Balaban J connectivity index is 1.89. The Hall–Kier alpha value is -1.07. The van der Waals surface area contributed by atoms with Gasteiger partial charge in [0, 0.05) is 12.6 Å². The van der Waals surface area contributed by atoms with Crippen LogP contribution in [0, 0.1) is 0 Å². The molecule has 86 valence electrons. The molecule has 1 amide bonds. The molecule has 1 aromatic carbocycles. The number of carbonyl (C=O) groups is 1. The minimum absolute atomic E-state index is 0.176. The average Bonchev–Trinajstić information content (AvgIpc) is 2.74. The van der Waals surface area contributed by atoms with E-state index in [1.807, 2.05) is 18.2 Å². The molecule has 1 unspecified atom stereocenters. The summed E-state index contributed by atoms with van der Waals surface area (Å²) in [4.78, 5) is 11.5. The summed E-state index contributed by atoms with van der Waals surface area (Å²) in [6.45, 7) is 1.75. The second-order valence-electron chi connectivity index (χ2n) is 3.65. The summed E-state index contributed by atoms with van der Waals surface area (Å²) < 4.78 is 5.96. The van der Waals surface area contributed by atoms with Crippen LogP contribution in [0.25, 0.3) is 0 Å². The summed E-state index contributed by atoms with van der Waals surface area (Å²) >= 11 is 3.32. The Morgan fingerprint density at radius 1 is 1.50 bits per heavy atom. The number of hydrogen-bond acceptors (Lipinski definition) is 3. The van der Waals surface area contributed by atoms with Crippen molar-refractivity contribution in [3.05, 3.63) is 28.7 Å². The minimum Gasteiger partial charge on any atom is -0.409 e. The van der Waals surface area contributed by atoms with Crippen LogP contribution in [0.4, 0.5) is 4.79 Å². The topological polar surface area (TPSA) is 50.4 Å². The van der Waals surface area contributed by atoms with Crippen LogP contribution < -0.4 is 15.4 Å². The lowest BCUT2D eigenvalue weighted by Crippen LogP contribution is -2.38. The molecule has 0 bridgehead atoms. The first-order chi connectivity index (χ1) is 7.75. The second kappa shape index (κ2) is 5.32. The second-order valence-corrected chi connectivity index (χ2v) is 4.51. The molecule has 1 aliphatic rings. The van der Waals surface area contributed by atoms with Crippen LogP contribution in [0.5, 0.6) is 5.75 Å². The molecule has 1 saturated heterocycles. The summed E-state index contributed by atoms with van der Waals surface area (Å²) in [6.07, 6.45) is 0.547. The van der Waals surface area contributed by atoms with Gasteiger partial charge in [0.25, 0.3) is 0 Å². The van der Waals surface area contributed by atoms with Crippen molar-refractivity contribution in [1.29, 1.82) is 0 Å². The highest BCUT2D eigenvalue weighted by Gasteiger charge is 2.17. The van der Waals surface area contributed by atoms with Crippen molar-refractivity contribution < 1.29 is 9.53 Å². The third-order valence-corrected chi connectivity index (χ3v) is 3.08. The number of para-hydroxylation sites is 1. The van der Waals surface area contributed by atoms with E-state index in [0.29, 0.717) is 5.75 Å². The molecular formula is C11H13BrN2O2. The molecule has 0 spiro atoms. The van der Waals surface area contributed by atoms with Gasteiger partial charge in [-0.2, -0.15) is 0 Å². The Morgan fingerprint density at radius 2 is 2.31 bits per heavy atom. The largest absolute Gasteiger partial charge is 0.412 e. The van der Waals surface area contributed by atoms with Gasteiger partial charge in [0.05, 0.1) is 4.47 Å². The normalized spacial score (nSPS) is 19.4. The standard InChI is InChI=1S/C11H13BrN2O2/c12-9-3-1-2-4-10(9)16-11(15)14-8-5-6-13-7-8/h1-4,8,13H,5-7H2,(H,14,15). The predicted octanol–water partition coefficient (Wildman–Crippen LogP) is 1.90. The van der Waals surface area contributed by atoms with Gasteiger partial charge in [0.15, 0.2) is 0 Å². The molecule has 1 aliphatic heterocycles. The van der Waals surface area contributed by atoms with Crippen molar-refractivity contribution in [3.8, 4) is 5.75 Å². The van der Waals surface area contributed by atoms with Crippen LogP contribution in [0.1, 0.15) is 6.42 Å². The van der Waals surface area contributed by atoms with Crippen molar-refractivity contribution in [1.82, 2.24) is 10.6 Å². The van der Waals surface area contributed by atoms with E-state index in [1.54, 1.807) is 6.07 Å². The molecule has 2 N–H and O–H groups in total. The van der Waals surface area contributed by atoms with Crippen LogP contribution in [0.3, 0.4) is 0 Å². The summed E-state index contributed by atoms with van der Waals surface area (Å²) in [5.74, 6) is 0.533. The smallest absolute Gasteiger partial charge is 0.409 e. The van der Waals surface area contributed by atoms with Gasteiger partial charge in [-0.1, -0.05) is 12.1 Å². The molecule has 1 heterocycles. The van der Waals surface area contributed by atoms with E-state index in [0.717, 1.165) is 24.0 Å². The number of carbonyl (C=O) groups excluding carboxylic acids is 1. The number of ether oxygens (including phenoxy) is 1. The maximum atomic E-state index is 11.5. The van der Waals surface area contributed by atoms with Gasteiger partial charge in [-0.3, -0.25) is 0 Å². The summed E-state index contributed by atoms with van der Waals surface area (Å²) in [5.41, 5.74) is 0. The number of halogens is 1. The van der Waals surface area contributed by atoms with Crippen molar-refractivity contribution in [2.24, 2.45) is 0 Å². The van der Waals surface area contributed by atoms with Gasteiger partial charge in [-0.15, -0.1) is 0 Å². The van der Waals surface area contributed by atoms with Crippen molar-refractivity contribution in [2.45, 2.75) is 12.5 Å². The molecule has 0 aromatic heterocycles. The molecule has 1 aromatic rings. The zero-order valence-electron chi connectivity index (χ0n) is 8.70. The van der Waals surface area contributed by atoms with Crippen LogP contribution in [-0.2, 0) is 0 Å². The third-order valence-electron chi connectivity index (χ3n) is 2.42. The first-order valence-electron chi connectivity index (χ1n) is 5.19. The van der Waals surface area contributed by atoms with Gasteiger partial charge in [0.2, 0.25) is 0 Å². The lowest BCUT2D eigenvalue weighted by Gasteiger charge is -2.11. The molecule has 1 atom stereocenters. The van der Waals surface area contributed by atoms with Crippen molar-refractivity contribution >= 4 is 22.0 Å². The average molecular weight is 285 g/mol. The SMILES string of the molecule is O=C(NC1CCNC1)Oc1ccccc1Br. The lowest BCUT2D eigenvalue weighted by molar-refractivity contribution is 0.196. The highest BCUT2D eigenvalue weighted by atomic mass is 79.9. The number of amides is 1. The molecule has 0 aliphatic carbocycles. The highest BCUT2D eigenvalue weighted by Crippen LogP contribution is 2.23. The number of nitrogens with one attached hydrogen (secondary N) is 2. The number of hydrogen-bond donors (Lipinski definition) is 2. The van der Waals surface area contributed by atoms with E-state index in [1.165, 1.54) is 0 Å². The molecule has 5 heteroatoms. The highest BCUT2D eigenvalue weighted by molar-refractivity contribution is 9.10.